The first-order chi connectivity index (χ1) is 10.2. The lowest BCUT2D eigenvalue weighted by Crippen LogP contribution is -2.33. The number of nitrogens with zero attached hydrogens (tertiary/aromatic N) is 4. The third-order valence-corrected chi connectivity index (χ3v) is 3.66. The van der Waals surface area contributed by atoms with Crippen LogP contribution in [-0.4, -0.2) is 64.0 Å². The minimum Gasteiger partial charge on any atom is -0.382 e. The van der Waals surface area contributed by atoms with Gasteiger partial charge in [-0.1, -0.05) is 5.21 Å². The van der Waals surface area contributed by atoms with Gasteiger partial charge in [0.05, 0.1) is 12.8 Å². The summed E-state index contributed by atoms with van der Waals surface area (Å²) in [4.78, 5) is 1.87. The molecule has 0 saturated carbocycles. The molecule has 0 unspecified atom stereocenters. The second kappa shape index (κ2) is 6.51. The summed E-state index contributed by atoms with van der Waals surface area (Å²) >= 11 is 0. The highest BCUT2D eigenvalue weighted by Crippen LogP contribution is 2.30. The van der Waals surface area contributed by atoms with Gasteiger partial charge >= 0.3 is 6.18 Å². The van der Waals surface area contributed by atoms with E-state index in [1.807, 2.05) is 18.7 Å². The fourth-order valence-electron chi connectivity index (χ4n) is 2.39. The Morgan fingerprint density at radius 2 is 2.18 bits per heavy atom. The average molecular weight is 322 g/mol. The van der Waals surface area contributed by atoms with Gasteiger partial charge in [0.25, 0.3) is 0 Å². The van der Waals surface area contributed by atoms with Gasteiger partial charge in [-0.15, -0.1) is 5.10 Å². The maximum Gasteiger partial charge on any atom is 0.411 e. The topological polar surface area (TPSA) is 63.4 Å². The predicted molar refractivity (Wildman–Crippen MR) is 72.2 cm³/mol. The second-order valence-corrected chi connectivity index (χ2v) is 5.90. The monoisotopic (exact) mass is 322 g/mol. The Labute approximate surface area is 126 Å². The smallest absolute Gasteiger partial charge is 0.382 e. The Balaban J connectivity index is 1.83. The average Bonchev–Trinajstić information content (AvgIpc) is 3.01. The molecule has 1 aliphatic heterocycles. The van der Waals surface area contributed by atoms with Crippen LogP contribution < -0.4 is 0 Å². The molecule has 0 aromatic carbocycles. The lowest BCUT2D eigenvalue weighted by Gasteiger charge is -2.21. The lowest BCUT2D eigenvalue weighted by molar-refractivity contribution is -0.174. The van der Waals surface area contributed by atoms with Crippen LogP contribution in [0.3, 0.4) is 0 Å². The Hall–Kier alpha value is -1.19. The first-order valence-electron chi connectivity index (χ1n) is 7.21. The summed E-state index contributed by atoms with van der Waals surface area (Å²) in [5.74, 6) is 0. The molecule has 0 radical (unpaired) electrons. The minimum absolute atomic E-state index is 0.0196. The van der Waals surface area contributed by atoms with Crippen LogP contribution in [0.2, 0.25) is 0 Å². The molecule has 1 saturated heterocycles. The van der Waals surface area contributed by atoms with Crippen molar-refractivity contribution in [2.24, 2.45) is 0 Å². The van der Waals surface area contributed by atoms with E-state index < -0.39 is 18.4 Å². The van der Waals surface area contributed by atoms with Crippen molar-refractivity contribution in [3.05, 3.63) is 11.9 Å². The van der Waals surface area contributed by atoms with Crippen molar-refractivity contribution in [1.82, 2.24) is 19.9 Å². The molecule has 2 rings (SSSR count). The Morgan fingerprint density at radius 1 is 1.45 bits per heavy atom. The van der Waals surface area contributed by atoms with Crippen LogP contribution in [0.15, 0.2) is 6.20 Å². The zero-order valence-corrected chi connectivity index (χ0v) is 12.7. The molecule has 1 fully saturated rings. The molecule has 1 aromatic heterocycles. The van der Waals surface area contributed by atoms with E-state index in [1.165, 1.54) is 0 Å². The quantitative estimate of drug-likeness (QED) is 0.801. The van der Waals surface area contributed by atoms with Crippen LogP contribution in [0, 0.1) is 0 Å². The number of alkyl halides is 3. The van der Waals surface area contributed by atoms with E-state index in [2.05, 4.69) is 15.0 Å². The molecule has 0 spiro atoms. The van der Waals surface area contributed by atoms with Crippen LogP contribution in [0.1, 0.15) is 32.0 Å². The molecule has 0 aliphatic carbocycles. The summed E-state index contributed by atoms with van der Waals surface area (Å²) in [7, 11) is 0. The summed E-state index contributed by atoms with van der Waals surface area (Å²) in [6, 6.07) is 0.151. The third kappa shape index (κ3) is 4.40. The van der Waals surface area contributed by atoms with Crippen LogP contribution >= 0.6 is 0 Å². The van der Waals surface area contributed by atoms with Crippen molar-refractivity contribution in [3.63, 3.8) is 0 Å². The number of halogens is 3. The largest absolute Gasteiger partial charge is 0.411 e. The number of aliphatic hydroxyl groups is 1. The number of likely N-dealkylation sites (tertiary alicyclic amines) is 1. The highest BCUT2D eigenvalue weighted by molar-refractivity contribution is 5.11. The van der Waals surface area contributed by atoms with E-state index in [4.69, 9.17) is 0 Å². The number of rotatable bonds is 6. The number of hydrogen-bond donors (Lipinski definition) is 1. The molecule has 0 amide bonds. The minimum atomic E-state index is -4.30. The first kappa shape index (κ1) is 17.2. The normalized spacial score (nSPS) is 23.6. The Kier molecular flexibility index (Phi) is 5.08. The van der Waals surface area contributed by atoms with Crippen molar-refractivity contribution in [2.45, 2.75) is 38.1 Å². The number of hydrogen-bond acceptors (Lipinski definition) is 5. The third-order valence-electron chi connectivity index (χ3n) is 3.66. The van der Waals surface area contributed by atoms with Gasteiger partial charge < -0.3 is 9.84 Å². The maximum absolute atomic E-state index is 12.0. The highest BCUT2D eigenvalue weighted by atomic mass is 19.4. The zero-order valence-electron chi connectivity index (χ0n) is 12.7. The summed E-state index contributed by atoms with van der Waals surface area (Å²) in [5, 5.41) is 18.6. The van der Waals surface area contributed by atoms with Gasteiger partial charge in [-0.25, -0.2) is 4.68 Å². The van der Waals surface area contributed by atoms with Crippen molar-refractivity contribution in [3.8, 4) is 0 Å². The van der Waals surface area contributed by atoms with Crippen LogP contribution in [0.25, 0.3) is 0 Å². The zero-order chi connectivity index (χ0) is 16.4. The molecular formula is C13H21F3N4O2. The van der Waals surface area contributed by atoms with Crippen molar-refractivity contribution in [2.75, 3.05) is 32.8 Å². The van der Waals surface area contributed by atoms with Crippen molar-refractivity contribution in [1.29, 1.82) is 0 Å². The van der Waals surface area contributed by atoms with Gasteiger partial charge in [0.15, 0.2) is 0 Å². The number of β-amino-alcohol motifs (C(OH)–C–C–N with tert-alkyl or cyclic N) is 1. The second-order valence-electron chi connectivity index (χ2n) is 5.90. The van der Waals surface area contributed by atoms with E-state index in [1.54, 1.807) is 10.9 Å². The molecule has 0 bridgehead atoms. The van der Waals surface area contributed by atoms with E-state index in [0.29, 0.717) is 31.7 Å². The standard InChI is InChI=1S/C13H21F3N4O2/c1-10(2)20-7-11(17-18-20)12(21)3-4-19(8-12)5-6-22-9-13(14,15)16/h7,10,21H,3-6,8-9H2,1-2H3/t12-/m1/s1. The van der Waals surface area contributed by atoms with Gasteiger partial charge in [0.1, 0.15) is 17.9 Å². The highest BCUT2D eigenvalue weighted by Gasteiger charge is 2.40. The van der Waals surface area contributed by atoms with Crippen LogP contribution in [0.5, 0.6) is 0 Å². The summed E-state index contributed by atoms with van der Waals surface area (Å²) in [5.41, 5.74) is -0.600. The Morgan fingerprint density at radius 3 is 2.77 bits per heavy atom. The summed E-state index contributed by atoms with van der Waals surface area (Å²) < 4.78 is 42.2. The summed E-state index contributed by atoms with van der Waals surface area (Å²) in [6.07, 6.45) is -2.11. The molecule has 1 N–H and O–H groups in total. The fourth-order valence-corrected chi connectivity index (χ4v) is 2.39. The SMILES string of the molecule is CC(C)n1cc([C@@]2(O)CCN(CCOCC(F)(F)F)C2)nn1. The van der Waals surface area contributed by atoms with Crippen LogP contribution in [-0.2, 0) is 10.3 Å². The molecule has 1 aromatic rings. The Bertz CT molecular complexity index is 492. The van der Waals surface area contributed by atoms with Crippen LogP contribution in [0.4, 0.5) is 13.2 Å². The van der Waals surface area contributed by atoms with Gasteiger partial charge in [0, 0.05) is 25.7 Å². The molecule has 2 heterocycles. The molecule has 9 heteroatoms. The number of aromatic nitrogens is 3. The molecule has 6 nitrogen and oxygen atoms in total. The molecule has 22 heavy (non-hydrogen) atoms. The first-order valence-corrected chi connectivity index (χ1v) is 7.21. The van der Waals surface area contributed by atoms with Crippen molar-refractivity contribution < 1.29 is 23.0 Å². The van der Waals surface area contributed by atoms with Gasteiger partial charge in [-0.3, -0.25) is 4.90 Å². The van der Waals surface area contributed by atoms with E-state index >= 15 is 0 Å². The van der Waals surface area contributed by atoms with E-state index in [0.717, 1.165) is 0 Å². The molecule has 1 aliphatic rings. The lowest BCUT2D eigenvalue weighted by atomic mass is 10.00. The number of ether oxygens (including phenoxy) is 1. The predicted octanol–water partition coefficient (Wildman–Crippen LogP) is 1.33. The molecular weight excluding hydrogens is 301 g/mol. The van der Waals surface area contributed by atoms with Gasteiger partial charge in [0.2, 0.25) is 0 Å². The summed E-state index contributed by atoms with van der Waals surface area (Å²) in [6.45, 7) is 3.90. The van der Waals surface area contributed by atoms with Gasteiger partial charge in [-0.2, -0.15) is 13.2 Å². The van der Waals surface area contributed by atoms with E-state index in [9.17, 15) is 18.3 Å². The molecule has 126 valence electrons. The van der Waals surface area contributed by atoms with Crippen molar-refractivity contribution >= 4 is 0 Å². The maximum atomic E-state index is 12.0. The molecule has 1 atom stereocenters. The van der Waals surface area contributed by atoms with E-state index in [-0.39, 0.29) is 12.6 Å². The fraction of sp³-hybridized carbons (Fsp3) is 0.846. The van der Waals surface area contributed by atoms with Gasteiger partial charge in [-0.05, 0) is 20.3 Å².